The van der Waals surface area contributed by atoms with Gasteiger partial charge in [-0.2, -0.15) is 0 Å². The molecule has 3 atom stereocenters. The van der Waals surface area contributed by atoms with E-state index in [0.29, 0.717) is 6.54 Å². The second kappa shape index (κ2) is 5.14. The van der Waals surface area contributed by atoms with Crippen LogP contribution in [0.5, 0.6) is 0 Å². The first-order valence-corrected chi connectivity index (χ1v) is 6.41. The van der Waals surface area contributed by atoms with Gasteiger partial charge in [-0.25, -0.2) is 0 Å². The molecule has 2 aliphatic rings. The van der Waals surface area contributed by atoms with Crippen LogP contribution in [0.25, 0.3) is 0 Å². The maximum Gasteiger partial charge on any atom is 0.246 e. The molecule has 1 saturated carbocycles. The van der Waals surface area contributed by atoms with Crippen LogP contribution in [0.3, 0.4) is 0 Å². The van der Waals surface area contributed by atoms with Crippen LogP contribution in [0.1, 0.15) is 39.0 Å². The number of likely N-dealkylation sites (tertiary alicyclic amines) is 1. The van der Waals surface area contributed by atoms with Crippen LogP contribution < -0.4 is 5.32 Å². The predicted molar refractivity (Wildman–Crippen MR) is 62.2 cm³/mol. The highest BCUT2D eigenvalue weighted by Crippen LogP contribution is 2.21. The highest BCUT2D eigenvalue weighted by atomic mass is 16.3. The van der Waals surface area contributed by atoms with E-state index in [4.69, 9.17) is 0 Å². The molecule has 0 spiro atoms. The number of amides is 2. The first kappa shape index (κ1) is 12.5. The molecule has 0 radical (unpaired) electrons. The van der Waals surface area contributed by atoms with Crippen LogP contribution in [0.2, 0.25) is 0 Å². The number of hydrogen-bond donors (Lipinski definition) is 2. The lowest BCUT2D eigenvalue weighted by Gasteiger charge is -2.30. The van der Waals surface area contributed by atoms with Crippen molar-refractivity contribution in [1.29, 1.82) is 0 Å². The van der Waals surface area contributed by atoms with Gasteiger partial charge in [0.1, 0.15) is 0 Å². The number of likely N-dealkylation sites (N-methyl/N-ethyl adjacent to an activating group) is 1. The van der Waals surface area contributed by atoms with Gasteiger partial charge in [0.05, 0.1) is 18.6 Å². The van der Waals surface area contributed by atoms with Gasteiger partial charge >= 0.3 is 0 Å². The summed E-state index contributed by atoms with van der Waals surface area (Å²) < 4.78 is 0. The van der Waals surface area contributed by atoms with E-state index in [-0.39, 0.29) is 30.4 Å². The molecule has 0 aromatic heterocycles. The van der Waals surface area contributed by atoms with Gasteiger partial charge in [-0.15, -0.1) is 0 Å². The average Bonchev–Trinajstić information content (AvgIpc) is 2.57. The van der Waals surface area contributed by atoms with Crippen molar-refractivity contribution < 1.29 is 14.7 Å². The Kier molecular flexibility index (Phi) is 3.79. The Labute approximate surface area is 101 Å². The molecule has 2 rings (SSSR count). The smallest absolute Gasteiger partial charge is 0.246 e. The summed E-state index contributed by atoms with van der Waals surface area (Å²) in [6.45, 7) is 2.23. The van der Waals surface area contributed by atoms with Crippen molar-refractivity contribution in [2.24, 2.45) is 0 Å². The maximum absolute atomic E-state index is 11.9. The average molecular weight is 240 g/mol. The summed E-state index contributed by atoms with van der Waals surface area (Å²) >= 11 is 0. The molecular weight excluding hydrogens is 220 g/mol. The van der Waals surface area contributed by atoms with E-state index in [9.17, 15) is 14.7 Å². The van der Waals surface area contributed by atoms with E-state index >= 15 is 0 Å². The van der Waals surface area contributed by atoms with E-state index in [1.165, 1.54) is 4.90 Å². The van der Waals surface area contributed by atoms with Gasteiger partial charge in [-0.05, 0) is 19.8 Å². The van der Waals surface area contributed by atoms with Crippen molar-refractivity contribution >= 4 is 11.8 Å². The molecule has 3 unspecified atom stereocenters. The van der Waals surface area contributed by atoms with Crippen molar-refractivity contribution in [2.45, 2.75) is 57.2 Å². The molecule has 1 heterocycles. The molecular formula is C12H20N2O3. The number of aliphatic hydroxyl groups excluding tert-OH is 1. The zero-order valence-corrected chi connectivity index (χ0v) is 10.2. The minimum atomic E-state index is -0.430. The monoisotopic (exact) mass is 240 g/mol. The number of nitrogens with zero attached hydrogens (tertiary/aromatic N) is 1. The molecule has 2 N–H and O–H groups in total. The van der Waals surface area contributed by atoms with E-state index in [2.05, 4.69) is 5.32 Å². The van der Waals surface area contributed by atoms with Crippen molar-refractivity contribution in [3.8, 4) is 0 Å². The molecule has 5 nitrogen and oxygen atoms in total. The Morgan fingerprint density at radius 3 is 2.65 bits per heavy atom. The Balaban J connectivity index is 1.95. The quantitative estimate of drug-likeness (QED) is 0.683. The van der Waals surface area contributed by atoms with Crippen molar-refractivity contribution in [1.82, 2.24) is 10.2 Å². The third-order valence-corrected chi connectivity index (χ3v) is 3.70. The number of carbonyl (C=O) groups is 2. The van der Waals surface area contributed by atoms with Crippen molar-refractivity contribution in [3.05, 3.63) is 0 Å². The highest BCUT2D eigenvalue weighted by Gasteiger charge is 2.39. The van der Waals surface area contributed by atoms with Gasteiger partial charge in [-0.3, -0.25) is 14.5 Å². The van der Waals surface area contributed by atoms with Gasteiger partial charge < -0.3 is 10.4 Å². The third kappa shape index (κ3) is 2.50. The fourth-order valence-corrected chi connectivity index (χ4v) is 2.71. The molecule has 1 aliphatic carbocycles. The van der Waals surface area contributed by atoms with Gasteiger partial charge in [0.2, 0.25) is 11.8 Å². The van der Waals surface area contributed by atoms with Gasteiger partial charge in [0.15, 0.2) is 0 Å². The standard InChI is InChI=1S/C12H20N2O3/c1-2-14-11(16)7-9(12(14)17)13-8-5-3-4-6-10(8)15/h8-10,13,15H,2-7H2,1H3. The molecule has 2 fully saturated rings. The minimum Gasteiger partial charge on any atom is -0.392 e. The lowest BCUT2D eigenvalue weighted by Crippen LogP contribution is -2.49. The first-order chi connectivity index (χ1) is 8.13. The molecule has 96 valence electrons. The third-order valence-electron chi connectivity index (χ3n) is 3.70. The Morgan fingerprint density at radius 1 is 1.35 bits per heavy atom. The molecule has 1 saturated heterocycles. The van der Waals surface area contributed by atoms with Crippen LogP contribution >= 0.6 is 0 Å². The SMILES string of the molecule is CCN1C(=O)CC(NC2CCCCC2O)C1=O. The summed E-state index contributed by atoms with van der Waals surface area (Å²) in [5, 5.41) is 13.0. The molecule has 0 bridgehead atoms. The predicted octanol–water partition coefficient (Wildman–Crippen LogP) is 0.0269. The van der Waals surface area contributed by atoms with Crippen LogP contribution in [0.4, 0.5) is 0 Å². The summed E-state index contributed by atoms with van der Waals surface area (Å²) in [6, 6.07) is -0.470. The minimum absolute atomic E-state index is 0.0395. The number of aliphatic hydroxyl groups is 1. The second-order valence-electron chi connectivity index (χ2n) is 4.86. The lowest BCUT2D eigenvalue weighted by molar-refractivity contribution is -0.138. The second-order valence-corrected chi connectivity index (χ2v) is 4.86. The van der Waals surface area contributed by atoms with Crippen molar-refractivity contribution in [2.75, 3.05) is 6.54 Å². The van der Waals surface area contributed by atoms with Crippen LogP contribution in [0, 0.1) is 0 Å². The number of hydrogen-bond acceptors (Lipinski definition) is 4. The summed E-state index contributed by atoms with van der Waals surface area (Å²) in [7, 11) is 0. The zero-order chi connectivity index (χ0) is 12.4. The van der Waals surface area contributed by atoms with E-state index in [1.807, 2.05) is 0 Å². The molecule has 2 amide bonds. The molecule has 17 heavy (non-hydrogen) atoms. The molecule has 5 heteroatoms. The van der Waals surface area contributed by atoms with Crippen LogP contribution in [0.15, 0.2) is 0 Å². The van der Waals surface area contributed by atoms with E-state index in [0.717, 1.165) is 25.7 Å². The van der Waals surface area contributed by atoms with E-state index in [1.54, 1.807) is 6.92 Å². The number of nitrogens with one attached hydrogen (secondary N) is 1. The van der Waals surface area contributed by atoms with Gasteiger partial charge in [0.25, 0.3) is 0 Å². The number of imide groups is 1. The lowest BCUT2D eigenvalue weighted by atomic mass is 9.92. The van der Waals surface area contributed by atoms with Gasteiger partial charge in [0, 0.05) is 12.6 Å². The summed E-state index contributed by atoms with van der Waals surface area (Å²) in [4.78, 5) is 24.7. The fraction of sp³-hybridized carbons (Fsp3) is 0.833. The van der Waals surface area contributed by atoms with Gasteiger partial charge in [-0.1, -0.05) is 12.8 Å². The van der Waals surface area contributed by atoms with E-state index < -0.39 is 6.04 Å². The normalized spacial score (nSPS) is 34.5. The Bertz CT molecular complexity index is 319. The fourth-order valence-electron chi connectivity index (χ4n) is 2.71. The highest BCUT2D eigenvalue weighted by molar-refractivity contribution is 6.05. The Morgan fingerprint density at radius 2 is 2.06 bits per heavy atom. The Hall–Kier alpha value is -0.940. The summed E-state index contributed by atoms with van der Waals surface area (Å²) in [5.74, 6) is -0.254. The van der Waals surface area contributed by atoms with Crippen LogP contribution in [-0.4, -0.2) is 46.6 Å². The zero-order valence-electron chi connectivity index (χ0n) is 10.2. The molecule has 1 aliphatic heterocycles. The molecule has 0 aromatic rings. The first-order valence-electron chi connectivity index (χ1n) is 6.41. The maximum atomic E-state index is 11.9. The number of rotatable bonds is 3. The summed E-state index contributed by atoms with van der Waals surface area (Å²) in [5.41, 5.74) is 0. The van der Waals surface area contributed by atoms with Crippen LogP contribution in [-0.2, 0) is 9.59 Å². The largest absolute Gasteiger partial charge is 0.392 e. The van der Waals surface area contributed by atoms with Crippen molar-refractivity contribution in [3.63, 3.8) is 0 Å². The molecule has 0 aromatic carbocycles. The number of carbonyl (C=O) groups excluding carboxylic acids is 2. The summed E-state index contributed by atoms with van der Waals surface area (Å²) in [6.07, 6.45) is 3.62. The topological polar surface area (TPSA) is 69.6 Å².